The Morgan fingerprint density at radius 2 is 1.89 bits per heavy atom. The van der Waals surface area contributed by atoms with Crippen molar-refractivity contribution in [2.24, 2.45) is 14.1 Å². The van der Waals surface area contributed by atoms with E-state index >= 15 is 0 Å². The van der Waals surface area contributed by atoms with Crippen LogP contribution in [-0.2, 0) is 20.5 Å². The molecule has 2 aromatic heterocycles. The molecule has 3 rings (SSSR count). The highest BCUT2D eigenvalue weighted by Crippen LogP contribution is 2.26. The predicted molar refractivity (Wildman–Crippen MR) is 107 cm³/mol. The minimum Gasteiger partial charge on any atom is -0.496 e. The van der Waals surface area contributed by atoms with Crippen LogP contribution in [0.1, 0.15) is 29.3 Å². The maximum atomic E-state index is 13.0. The maximum Gasteiger partial charge on any atom is 0.332 e. The fourth-order valence-electron chi connectivity index (χ4n) is 3.18. The first-order valence-electron chi connectivity index (χ1n) is 8.92. The van der Waals surface area contributed by atoms with Gasteiger partial charge in [0.25, 0.3) is 11.5 Å². The van der Waals surface area contributed by atoms with Gasteiger partial charge < -0.3 is 10.1 Å². The van der Waals surface area contributed by atoms with Crippen LogP contribution in [0.15, 0.2) is 40.1 Å². The Bertz CT molecular complexity index is 1180. The molecule has 2 heterocycles. The molecule has 0 radical (unpaired) electrons. The van der Waals surface area contributed by atoms with Crippen molar-refractivity contribution < 1.29 is 9.53 Å². The van der Waals surface area contributed by atoms with Gasteiger partial charge in [-0.05, 0) is 24.1 Å². The van der Waals surface area contributed by atoms with Crippen LogP contribution >= 0.6 is 0 Å². The average molecular weight is 382 g/mol. The first-order chi connectivity index (χ1) is 13.4. The van der Waals surface area contributed by atoms with Crippen molar-refractivity contribution in [2.45, 2.75) is 19.8 Å². The molecule has 3 aromatic rings. The zero-order valence-electron chi connectivity index (χ0n) is 16.3. The number of rotatable bonds is 5. The van der Waals surface area contributed by atoms with Crippen molar-refractivity contribution in [3.05, 3.63) is 62.4 Å². The molecule has 0 atom stereocenters. The Hall–Kier alpha value is -3.42. The fourth-order valence-corrected chi connectivity index (χ4v) is 3.18. The van der Waals surface area contributed by atoms with Gasteiger partial charge >= 0.3 is 5.69 Å². The lowest BCUT2D eigenvalue weighted by molar-refractivity contribution is 0.102. The SMILES string of the molecule is CCCc1cnc2c(c1NC(=O)c1ccccc1OC)c(=O)n(C)c(=O)n2C. The summed E-state index contributed by atoms with van der Waals surface area (Å²) < 4.78 is 7.57. The summed E-state index contributed by atoms with van der Waals surface area (Å²) in [6.07, 6.45) is 3.02. The van der Waals surface area contributed by atoms with E-state index in [1.807, 2.05) is 6.92 Å². The molecular weight excluding hydrogens is 360 g/mol. The highest BCUT2D eigenvalue weighted by atomic mass is 16.5. The maximum absolute atomic E-state index is 13.0. The monoisotopic (exact) mass is 382 g/mol. The second-order valence-corrected chi connectivity index (χ2v) is 6.47. The van der Waals surface area contributed by atoms with Gasteiger partial charge in [0.05, 0.1) is 18.4 Å². The first-order valence-corrected chi connectivity index (χ1v) is 8.92. The minimum absolute atomic E-state index is 0.207. The molecule has 146 valence electrons. The van der Waals surface area contributed by atoms with Crippen LogP contribution in [0.2, 0.25) is 0 Å². The Balaban J connectivity index is 2.26. The van der Waals surface area contributed by atoms with Crippen molar-refractivity contribution in [1.29, 1.82) is 0 Å². The van der Waals surface area contributed by atoms with Gasteiger partial charge in [0, 0.05) is 20.3 Å². The van der Waals surface area contributed by atoms with Crippen molar-refractivity contribution >= 4 is 22.6 Å². The van der Waals surface area contributed by atoms with E-state index < -0.39 is 17.2 Å². The van der Waals surface area contributed by atoms with Gasteiger partial charge in [0.15, 0.2) is 5.65 Å². The normalized spacial score (nSPS) is 10.9. The number of pyridine rings is 1. The smallest absolute Gasteiger partial charge is 0.332 e. The lowest BCUT2D eigenvalue weighted by Crippen LogP contribution is -2.38. The molecule has 0 aliphatic heterocycles. The van der Waals surface area contributed by atoms with Gasteiger partial charge in [-0.3, -0.25) is 18.7 Å². The van der Waals surface area contributed by atoms with Crippen LogP contribution in [0, 0.1) is 0 Å². The fraction of sp³-hybridized carbons (Fsp3) is 0.300. The molecule has 8 nitrogen and oxygen atoms in total. The average Bonchev–Trinajstić information content (AvgIpc) is 2.71. The Morgan fingerprint density at radius 3 is 2.57 bits per heavy atom. The number of ether oxygens (including phenoxy) is 1. The molecule has 28 heavy (non-hydrogen) atoms. The number of hydrogen-bond acceptors (Lipinski definition) is 5. The third-order valence-electron chi connectivity index (χ3n) is 4.66. The third-order valence-corrected chi connectivity index (χ3v) is 4.66. The largest absolute Gasteiger partial charge is 0.496 e. The molecule has 0 bridgehead atoms. The van der Waals surface area contributed by atoms with Gasteiger partial charge in [-0.25, -0.2) is 9.78 Å². The second kappa shape index (κ2) is 7.67. The van der Waals surface area contributed by atoms with E-state index in [2.05, 4.69) is 10.3 Å². The number of anilines is 1. The molecular formula is C20H22N4O4. The summed E-state index contributed by atoms with van der Waals surface area (Å²) in [5, 5.41) is 3.06. The summed E-state index contributed by atoms with van der Waals surface area (Å²) in [6.45, 7) is 1.99. The number of nitrogens with one attached hydrogen (secondary N) is 1. The van der Waals surface area contributed by atoms with Gasteiger partial charge in [-0.15, -0.1) is 0 Å². The molecule has 1 aromatic carbocycles. The van der Waals surface area contributed by atoms with Crippen molar-refractivity contribution in [3.63, 3.8) is 0 Å². The molecule has 0 aliphatic carbocycles. The van der Waals surface area contributed by atoms with Crippen LogP contribution in [0.5, 0.6) is 5.75 Å². The summed E-state index contributed by atoms with van der Waals surface area (Å²) in [6, 6.07) is 6.84. The number of amides is 1. The Labute approximate surface area is 161 Å². The number of benzene rings is 1. The first kappa shape index (κ1) is 19.3. The number of para-hydroxylation sites is 1. The molecule has 0 fully saturated rings. The Kier molecular flexibility index (Phi) is 5.30. The number of carbonyl (C=O) groups is 1. The number of methoxy groups -OCH3 is 1. The van der Waals surface area contributed by atoms with Gasteiger partial charge in [0.2, 0.25) is 0 Å². The Morgan fingerprint density at radius 1 is 1.18 bits per heavy atom. The van der Waals surface area contributed by atoms with E-state index in [1.54, 1.807) is 37.5 Å². The predicted octanol–water partition coefficient (Wildman–Crippen LogP) is 1.85. The van der Waals surface area contributed by atoms with Crippen LogP contribution in [0.25, 0.3) is 11.0 Å². The quantitative estimate of drug-likeness (QED) is 0.727. The highest BCUT2D eigenvalue weighted by Gasteiger charge is 2.20. The van der Waals surface area contributed by atoms with E-state index in [1.165, 1.54) is 18.7 Å². The molecule has 0 aliphatic rings. The lowest BCUT2D eigenvalue weighted by atomic mass is 10.1. The second-order valence-electron chi connectivity index (χ2n) is 6.47. The summed E-state index contributed by atoms with van der Waals surface area (Å²) in [4.78, 5) is 42.4. The van der Waals surface area contributed by atoms with E-state index in [0.717, 1.165) is 16.6 Å². The van der Waals surface area contributed by atoms with Crippen molar-refractivity contribution in [2.75, 3.05) is 12.4 Å². The topological polar surface area (TPSA) is 95.2 Å². The number of aromatic nitrogens is 3. The zero-order chi connectivity index (χ0) is 20.4. The molecule has 0 saturated heterocycles. The molecule has 0 saturated carbocycles. The lowest BCUT2D eigenvalue weighted by Gasteiger charge is -2.16. The van der Waals surface area contributed by atoms with Crippen LogP contribution < -0.4 is 21.3 Å². The van der Waals surface area contributed by atoms with Crippen LogP contribution in [0.3, 0.4) is 0 Å². The zero-order valence-corrected chi connectivity index (χ0v) is 16.3. The van der Waals surface area contributed by atoms with Gasteiger partial charge in [-0.2, -0.15) is 0 Å². The van der Waals surface area contributed by atoms with Crippen molar-refractivity contribution in [3.8, 4) is 5.75 Å². The summed E-state index contributed by atoms with van der Waals surface area (Å²) in [5.74, 6) is 0.0221. The van der Waals surface area contributed by atoms with Crippen LogP contribution in [0.4, 0.5) is 5.69 Å². The number of aryl methyl sites for hydroxylation is 2. The van der Waals surface area contributed by atoms with E-state index in [9.17, 15) is 14.4 Å². The van der Waals surface area contributed by atoms with Crippen molar-refractivity contribution in [1.82, 2.24) is 14.1 Å². The number of nitrogens with zero attached hydrogens (tertiary/aromatic N) is 3. The summed E-state index contributed by atoms with van der Waals surface area (Å²) in [5.41, 5.74) is 0.699. The molecule has 1 N–H and O–H groups in total. The van der Waals surface area contributed by atoms with E-state index in [-0.39, 0.29) is 11.0 Å². The standard InChI is InChI=1S/C20H22N4O4/c1-5-8-12-11-21-17-15(19(26)24(3)20(27)23(17)2)16(12)22-18(25)13-9-6-7-10-14(13)28-4/h6-7,9-11H,5,8H2,1-4H3,(H,21,22,25). The summed E-state index contributed by atoms with van der Waals surface area (Å²) in [7, 11) is 4.44. The molecule has 8 heteroatoms. The minimum atomic E-state index is -0.501. The molecule has 0 spiro atoms. The van der Waals surface area contributed by atoms with Gasteiger partial charge in [0.1, 0.15) is 11.1 Å². The molecule has 0 unspecified atom stereocenters. The van der Waals surface area contributed by atoms with Crippen LogP contribution in [-0.4, -0.2) is 27.1 Å². The third kappa shape index (κ3) is 3.17. The highest BCUT2D eigenvalue weighted by molar-refractivity contribution is 6.10. The molecule has 1 amide bonds. The number of carbonyl (C=O) groups excluding carboxylic acids is 1. The number of hydrogen-bond donors (Lipinski definition) is 1. The summed E-state index contributed by atoms with van der Waals surface area (Å²) >= 11 is 0. The van der Waals surface area contributed by atoms with E-state index in [0.29, 0.717) is 23.4 Å². The van der Waals surface area contributed by atoms with E-state index in [4.69, 9.17) is 4.74 Å². The van der Waals surface area contributed by atoms with Gasteiger partial charge in [-0.1, -0.05) is 25.5 Å². The number of fused-ring (bicyclic) bond motifs is 1.